The van der Waals surface area contributed by atoms with Gasteiger partial charge in [0.1, 0.15) is 0 Å². The van der Waals surface area contributed by atoms with Gasteiger partial charge in [0.05, 0.1) is 11.6 Å². The maximum atomic E-state index is 13.5. The van der Waals surface area contributed by atoms with Crippen molar-refractivity contribution < 1.29 is 14.0 Å². The standard InChI is InChI=1S/C22H23ClFN3O2/c1-13-8-16(23)10-17(9-13)27(12-28)22(29)20-14(2)21(26-7-3-4-18(20)26)15-5-6-19(24)25-11-15/h5-6,8-12,14,18,20-21H,3-4,7H2,1-2H3. The molecule has 1 aromatic carbocycles. The molecule has 5 nitrogen and oxygen atoms in total. The molecule has 0 N–H and O–H groups in total. The van der Waals surface area contributed by atoms with Crippen LogP contribution in [0.2, 0.25) is 5.02 Å². The number of aromatic nitrogens is 1. The summed E-state index contributed by atoms with van der Waals surface area (Å²) in [5.74, 6) is -1.11. The number of hydrogen-bond donors (Lipinski definition) is 0. The van der Waals surface area contributed by atoms with Crippen molar-refractivity contribution in [3.8, 4) is 0 Å². The lowest BCUT2D eigenvalue weighted by molar-refractivity contribution is -0.126. The molecule has 0 radical (unpaired) electrons. The van der Waals surface area contributed by atoms with Crippen molar-refractivity contribution in [2.24, 2.45) is 11.8 Å². The summed E-state index contributed by atoms with van der Waals surface area (Å²) in [7, 11) is 0. The average Bonchev–Trinajstić information content (AvgIpc) is 3.22. The van der Waals surface area contributed by atoms with Crippen LogP contribution in [0.5, 0.6) is 0 Å². The van der Waals surface area contributed by atoms with E-state index < -0.39 is 5.95 Å². The van der Waals surface area contributed by atoms with Crippen LogP contribution >= 0.6 is 11.6 Å². The number of nitrogens with zero attached hydrogens (tertiary/aromatic N) is 3. The zero-order valence-electron chi connectivity index (χ0n) is 16.4. The Morgan fingerprint density at radius 3 is 2.79 bits per heavy atom. The second-order valence-corrected chi connectivity index (χ2v) is 8.43. The minimum atomic E-state index is -0.520. The van der Waals surface area contributed by atoms with Gasteiger partial charge >= 0.3 is 0 Å². The molecular weight excluding hydrogens is 393 g/mol. The molecule has 2 aliphatic rings. The zero-order chi connectivity index (χ0) is 20.7. The van der Waals surface area contributed by atoms with Gasteiger partial charge in [-0.1, -0.05) is 24.6 Å². The van der Waals surface area contributed by atoms with Crippen LogP contribution in [-0.4, -0.2) is 34.8 Å². The molecule has 0 aliphatic carbocycles. The molecule has 2 fully saturated rings. The van der Waals surface area contributed by atoms with E-state index in [0.29, 0.717) is 17.1 Å². The normalized spacial score (nSPS) is 26.3. The first-order valence-electron chi connectivity index (χ1n) is 9.83. The van der Waals surface area contributed by atoms with Crippen molar-refractivity contribution in [2.75, 3.05) is 11.4 Å². The predicted octanol–water partition coefficient (Wildman–Crippen LogP) is 4.14. The summed E-state index contributed by atoms with van der Waals surface area (Å²) in [6, 6.07) is 8.32. The van der Waals surface area contributed by atoms with Gasteiger partial charge in [-0.3, -0.25) is 19.4 Å². The van der Waals surface area contributed by atoms with Gasteiger partial charge in [0, 0.05) is 23.3 Å². The van der Waals surface area contributed by atoms with Gasteiger partial charge in [0.15, 0.2) is 0 Å². The summed E-state index contributed by atoms with van der Waals surface area (Å²) >= 11 is 6.15. The summed E-state index contributed by atoms with van der Waals surface area (Å²) in [6.45, 7) is 4.77. The minimum Gasteiger partial charge on any atom is -0.292 e. The summed E-state index contributed by atoms with van der Waals surface area (Å²) in [5.41, 5.74) is 2.26. The van der Waals surface area contributed by atoms with E-state index in [1.807, 2.05) is 13.8 Å². The van der Waals surface area contributed by atoms with E-state index >= 15 is 0 Å². The Morgan fingerprint density at radius 2 is 2.14 bits per heavy atom. The summed E-state index contributed by atoms with van der Waals surface area (Å²) < 4.78 is 13.3. The smallest absolute Gasteiger partial charge is 0.238 e. The SMILES string of the molecule is Cc1cc(Cl)cc(N(C=O)C(=O)C2C(C)C(c3ccc(F)nc3)N3CCCC23)c1. The van der Waals surface area contributed by atoms with Gasteiger partial charge in [-0.25, -0.2) is 4.98 Å². The first kappa shape index (κ1) is 20.0. The van der Waals surface area contributed by atoms with Crippen molar-refractivity contribution in [3.63, 3.8) is 0 Å². The molecule has 1 aromatic heterocycles. The number of benzene rings is 1. The van der Waals surface area contributed by atoms with Gasteiger partial charge < -0.3 is 0 Å². The highest BCUT2D eigenvalue weighted by Gasteiger charge is 2.53. The number of fused-ring (bicyclic) bond motifs is 1. The lowest BCUT2D eigenvalue weighted by Gasteiger charge is -2.26. The van der Waals surface area contributed by atoms with Gasteiger partial charge in [-0.15, -0.1) is 0 Å². The summed E-state index contributed by atoms with van der Waals surface area (Å²) in [4.78, 5) is 32.7. The Morgan fingerprint density at radius 1 is 1.34 bits per heavy atom. The van der Waals surface area contributed by atoms with Crippen LogP contribution in [0.4, 0.5) is 10.1 Å². The zero-order valence-corrected chi connectivity index (χ0v) is 17.1. The monoisotopic (exact) mass is 415 g/mol. The van der Waals surface area contributed by atoms with Crippen LogP contribution in [0, 0.1) is 24.7 Å². The lowest BCUT2D eigenvalue weighted by atomic mass is 9.84. The van der Waals surface area contributed by atoms with Gasteiger partial charge in [0.2, 0.25) is 18.3 Å². The highest BCUT2D eigenvalue weighted by Crippen LogP contribution is 2.49. The number of carbonyl (C=O) groups excluding carboxylic acids is 2. The Bertz CT molecular complexity index is 916. The van der Waals surface area contributed by atoms with Crippen molar-refractivity contribution in [3.05, 3.63) is 58.6 Å². The number of anilines is 1. The maximum absolute atomic E-state index is 13.5. The molecule has 3 heterocycles. The third-order valence-electron chi connectivity index (χ3n) is 6.20. The van der Waals surface area contributed by atoms with Crippen LogP contribution in [0.3, 0.4) is 0 Å². The Balaban J connectivity index is 1.68. The highest BCUT2D eigenvalue weighted by molar-refractivity contribution is 6.31. The first-order chi connectivity index (χ1) is 13.9. The fraction of sp³-hybridized carbons (Fsp3) is 0.409. The summed E-state index contributed by atoms with van der Waals surface area (Å²) in [6.07, 6.45) is 4.01. The molecule has 7 heteroatoms. The number of pyridine rings is 1. The van der Waals surface area contributed by atoms with Crippen LogP contribution in [0.25, 0.3) is 0 Å². The fourth-order valence-electron chi connectivity index (χ4n) is 5.10. The van der Waals surface area contributed by atoms with Crippen molar-refractivity contribution in [1.82, 2.24) is 9.88 Å². The largest absolute Gasteiger partial charge is 0.292 e. The molecule has 2 amide bonds. The van der Waals surface area contributed by atoms with Crippen molar-refractivity contribution in [2.45, 2.75) is 38.8 Å². The molecule has 2 saturated heterocycles. The second kappa shape index (κ2) is 7.84. The lowest BCUT2D eigenvalue weighted by Crippen LogP contribution is -2.41. The van der Waals surface area contributed by atoms with Crippen LogP contribution in [0.15, 0.2) is 36.5 Å². The predicted molar refractivity (Wildman–Crippen MR) is 109 cm³/mol. The number of aryl methyl sites for hydroxylation is 1. The number of imide groups is 1. The van der Waals surface area contributed by atoms with E-state index in [-0.39, 0.29) is 29.8 Å². The van der Waals surface area contributed by atoms with E-state index in [0.717, 1.165) is 30.5 Å². The highest BCUT2D eigenvalue weighted by atomic mass is 35.5. The Labute approximate surface area is 174 Å². The van der Waals surface area contributed by atoms with Gasteiger partial charge in [0.25, 0.3) is 0 Å². The molecule has 0 spiro atoms. The third-order valence-corrected chi connectivity index (χ3v) is 6.42. The molecule has 0 bridgehead atoms. The van der Waals surface area contributed by atoms with E-state index in [2.05, 4.69) is 9.88 Å². The number of amides is 2. The van der Waals surface area contributed by atoms with Crippen molar-refractivity contribution in [1.29, 1.82) is 0 Å². The van der Waals surface area contributed by atoms with E-state index in [4.69, 9.17) is 11.6 Å². The van der Waals surface area contributed by atoms with Crippen LogP contribution in [0.1, 0.15) is 36.9 Å². The Hall–Kier alpha value is -2.31. The quantitative estimate of drug-likeness (QED) is 0.556. The molecule has 2 aromatic rings. The van der Waals surface area contributed by atoms with Gasteiger partial charge in [-0.05, 0) is 67.6 Å². The van der Waals surface area contributed by atoms with E-state index in [1.54, 1.807) is 30.5 Å². The molecule has 4 atom stereocenters. The van der Waals surface area contributed by atoms with Crippen LogP contribution < -0.4 is 4.90 Å². The average molecular weight is 416 g/mol. The minimum absolute atomic E-state index is 0.0286. The molecule has 4 unspecified atom stereocenters. The molecule has 2 aliphatic heterocycles. The molecule has 152 valence electrons. The number of rotatable bonds is 4. The molecule has 0 saturated carbocycles. The third kappa shape index (κ3) is 3.55. The number of hydrogen-bond acceptors (Lipinski definition) is 4. The first-order valence-corrected chi connectivity index (χ1v) is 10.2. The summed E-state index contributed by atoms with van der Waals surface area (Å²) in [5, 5.41) is 0.483. The topological polar surface area (TPSA) is 53.5 Å². The second-order valence-electron chi connectivity index (χ2n) is 7.99. The van der Waals surface area contributed by atoms with E-state index in [9.17, 15) is 14.0 Å². The maximum Gasteiger partial charge on any atom is 0.238 e. The molecule has 4 rings (SSSR count). The van der Waals surface area contributed by atoms with Gasteiger partial charge in [-0.2, -0.15) is 4.39 Å². The van der Waals surface area contributed by atoms with E-state index in [1.165, 1.54) is 11.0 Å². The number of carbonyl (C=O) groups is 2. The number of halogens is 2. The van der Waals surface area contributed by atoms with Crippen molar-refractivity contribution >= 4 is 29.6 Å². The van der Waals surface area contributed by atoms with Crippen LogP contribution in [-0.2, 0) is 9.59 Å². The Kier molecular flexibility index (Phi) is 5.40. The molecular formula is C22H23ClFN3O2. The molecule has 29 heavy (non-hydrogen) atoms. The fourth-order valence-corrected chi connectivity index (χ4v) is 5.38.